The second kappa shape index (κ2) is 5.92. The lowest BCUT2D eigenvalue weighted by Gasteiger charge is -2.23. The highest BCUT2D eigenvalue weighted by Crippen LogP contribution is 2.29. The zero-order valence-electron chi connectivity index (χ0n) is 11.9. The lowest BCUT2D eigenvalue weighted by Crippen LogP contribution is -2.18. The normalized spacial score (nSPS) is 10.2. The second-order valence-electron chi connectivity index (χ2n) is 4.65. The van der Waals surface area contributed by atoms with Crippen LogP contribution in [0.15, 0.2) is 42.5 Å². The van der Waals surface area contributed by atoms with Crippen molar-refractivity contribution < 1.29 is 4.74 Å². The first-order chi connectivity index (χ1) is 9.52. The molecule has 0 amide bonds. The molecule has 0 aromatic heterocycles. The van der Waals surface area contributed by atoms with Gasteiger partial charge >= 0.3 is 0 Å². The summed E-state index contributed by atoms with van der Waals surface area (Å²) in [5, 5.41) is 0. The Bertz CT molecular complexity index is 640. The minimum atomic E-state index is 0.401. The number of aryl methyl sites for hydroxylation is 1. The summed E-state index contributed by atoms with van der Waals surface area (Å²) in [7, 11) is 3.65. The number of anilines is 2. The SMILES string of the molecule is COc1cccc(N(C)c2ccc(C)cc2C(N)=S)c1. The van der Waals surface area contributed by atoms with Crippen LogP contribution in [0.4, 0.5) is 11.4 Å². The first kappa shape index (κ1) is 14.3. The van der Waals surface area contributed by atoms with Crippen LogP contribution in [0, 0.1) is 6.92 Å². The molecular formula is C16H18N2OS. The summed E-state index contributed by atoms with van der Waals surface area (Å²) in [6.45, 7) is 2.02. The molecule has 0 unspecified atom stereocenters. The summed E-state index contributed by atoms with van der Waals surface area (Å²) < 4.78 is 5.26. The highest BCUT2D eigenvalue weighted by atomic mass is 32.1. The average Bonchev–Trinajstić information content (AvgIpc) is 2.46. The van der Waals surface area contributed by atoms with Crippen molar-refractivity contribution in [1.29, 1.82) is 0 Å². The van der Waals surface area contributed by atoms with Crippen molar-refractivity contribution in [2.24, 2.45) is 5.73 Å². The lowest BCUT2D eigenvalue weighted by atomic mass is 10.1. The molecule has 0 saturated carbocycles. The van der Waals surface area contributed by atoms with Gasteiger partial charge in [0.15, 0.2) is 0 Å². The van der Waals surface area contributed by atoms with Gasteiger partial charge in [0.05, 0.1) is 12.8 Å². The average molecular weight is 286 g/mol. The van der Waals surface area contributed by atoms with Gasteiger partial charge in [-0.3, -0.25) is 0 Å². The summed E-state index contributed by atoms with van der Waals surface area (Å²) in [6.07, 6.45) is 0. The number of nitrogens with zero attached hydrogens (tertiary/aromatic N) is 1. The molecule has 2 rings (SSSR count). The van der Waals surface area contributed by atoms with E-state index in [0.717, 1.165) is 28.3 Å². The fraction of sp³-hybridized carbons (Fsp3) is 0.188. The van der Waals surface area contributed by atoms with Crippen molar-refractivity contribution in [3.63, 3.8) is 0 Å². The van der Waals surface area contributed by atoms with Gasteiger partial charge < -0.3 is 15.4 Å². The molecule has 0 saturated heterocycles. The van der Waals surface area contributed by atoms with Gasteiger partial charge in [-0.05, 0) is 31.2 Å². The maximum absolute atomic E-state index is 5.84. The minimum absolute atomic E-state index is 0.401. The number of hydrogen-bond acceptors (Lipinski definition) is 3. The summed E-state index contributed by atoms with van der Waals surface area (Å²) in [4.78, 5) is 2.45. The Labute approximate surface area is 125 Å². The van der Waals surface area contributed by atoms with E-state index in [0.29, 0.717) is 4.99 Å². The van der Waals surface area contributed by atoms with Crippen molar-refractivity contribution in [2.75, 3.05) is 19.1 Å². The van der Waals surface area contributed by atoms with Gasteiger partial charge in [0.2, 0.25) is 0 Å². The van der Waals surface area contributed by atoms with Gasteiger partial charge in [0, 0.05) is 24.4 Å². The zero-order chi connectivity index (χ0) is 14.7. The van der Waals surface area contributed by atoms with Crippen molar-refractivity contribution in [3.05, 3.63) is 53.6 Å². The Balaban J connectivity index is 2.47. The molecule has 2 aromatic carbocycles. The number of nitrogens with two attached hydrogens (primary N) is 1. The van der Waals surface area contributed by atoms with E-state index in [1.807, 2.05) is 56.4 Å². The highest BCUT2D eigenvalue weighted by Gasteiger charge is 2.12. The molecule has 20 heavy (non-hydrogen) atoms. The first-order valence-corrected chi connectivity index (χ1v) is 6.72. The van der Waals surface area contributed by atoms with Crippen LogP contribution in [0.3, 0.4) is 0 Å². The molecule has 0 spiro atoms. The molecule has 0 bridgehead atoms. The summed E-state index contributed by atoms with van der Waals surface area (Å²) in [5.41, 5.74) is 9.85. The van der Waals surface area contributed by atoms with Crippen LogP contribution in [-0.2, 0) is 0 Å². The van der Waals surface area contributed by atoms with Gasteiger partial charge in [-0.2, -0.15) is 0 Å². The van der Waals surface area contributed by atoms with E-state index in [-0.39, 0.29) is 0 Å². The van der Waals surface area contributed by atoms with Crippen LogP contribution in [-0.4, -0.2) is 19.1 Å². The maximum atomic E-state index is 5.84. The molecular weight excluding hydrogens is 268 g/mol. The Hall–Kier alpha value is -2.07. The predicted molar refractivity (Wildman–Crippen MR) is 88.1 cm³/mol. The zero-order valence-corrected chi connectivity index (χ0v) is 12.7. The molecule has 2 N–H and O–H groups in total. The molecule has 0 fully saturated rings. The van der Waals surface area contributed by atoms with E-state index in [1.54, 1.807) is 7.11 Å². The van der Waals surface area contributed by atoms with E-state index in [2.05, 4.69) is 4.90 Å². The van der Waals surface area contributed by atoms with E-state index in [1.165, 1.54) is 0 Å². The van der Waals surface area contributed by atoms with Crippen LogP contribution in [0.2, 0.25) is 0 Å². The fourth-order valence-corrected chi connectivity index (χ4v) is 2.26. The number of methoxy groups -OCH3 is 1. The Morgan fingerprint density at radius 1 is 1.20 bits per heavy atom. The standard InChI is InChI=1S/C16H18N2OS/c1-11-7-8-15(14(9-11)16(17)20)18(2)12-5-4-6-13(10-12)19-3/h4-10H,1-3H3,(H2,17,20). The molecule has 4 heteroatoms. The Morgan fingerprint density at radius 2 is 1.95 bits per heavy atom. The van der Waals surface area contributed by atoms with Gasteiger partial charge in [-0.1, -0.05) is 29.9 Å². The Morgan fingerprint density at radius 3 is 2.60 bits per heavy atom. The van der Waals surface area contributed by atoms with Crippen LogP contribution < -0.4 is 15.4 Å². The third-order valence-corrected chi connectivity index (χ3v) is 3.44. The minimum Gasteiger partial charge on any atom is -0.497 e. The summed E-state index contributed by atoms with van der Waals surface area (Å²) >= 11 is 5.15. The van der Waals surface area contributed by atoms with Crippen LogP contribution in [0.5, 0.6) is 5.75 Å². The van der Waals surface area contributed by atoms with Gasteiger partial charge in [-0.15, -0.1) is 0 Å². The molecule has 3 nitrogen and oxygen atoms in total. The second-order valence-corrected chi connectivity index (χ2v) is 5.09. The summed E-state index contributed by atoms with van der Waals surface area (Å²) in [6, 6.07) is 14.0. The monoisotopic (exact) mass is 286 g/mol. The van der Waals surface area contributed by atoms with E-state index >= 15 is 0 Å². The molecule has 0 atom stereocenters. The molecule has 0 aliphatic carbocycles. The fourth-order valence-electron chi connectivity index (χ4n) is 2.10. The maximum Gasteiger partial charge on any atom is 0.120 e. The van der Waals surface area contributed by atoms with E-state index in [9.17, 15) is 0 Å². The van der Waals surface area contributed by atoms with Crippen LogP contribution in [0.25, 0.3) is 0 Å². The van der Waals surface area contributed by atoms with Crippen LogP contribution in [0.1, 0.15) is 11.1 Å². The molecule has 0 aliphatic heterocycles. The van der Waals surface area contributed by atoms with Crippen LogP contribution >= 0.6 is 12.2 Å². The number of thiocarbonyl (C=S) groups is 1. The predicted octanol–water partition coefficient (Wildman–Crippen LogP) is 3.41. The number of rotatable bonds is 4. The topological polar surface area (TPSA) is 38.5 Å². The quantitative estimate of drug-likeness (QED) is 0.874. The molecule has 0 aliphatic rings. The van der Waals surface area contributed by atoms with Gasteiger partial charge in [0.1, 0.15) is 10.7 Å². The molecule has 0 heterocycles. The van der Waals surface area contributed by atoms with Gasteiger partial charge in [0.25, 0.3) is 0 Å². The highest BCUT2D eigenvalue weighted by molar-refractivity contribution is 7.80. The summed E-state index contributed by atoms with van der Waals surface area (Å²) in [5.74, 6) is 0.818. The number of ether oxygens (including phenoxy) is 1. The molecule has 0 radical (unpaired) electrons. The first-order valence-electron chi connectivity index (χ1n) is 6.31. The third kappa shape index (κ3) is 2.91. The largest absolute Gasteiger partial charge is 0.497 e. The lowest BCUT2D eigenvalue weighted by molar-refractivity contribution is 0.415. The smallest absolute Gasteiger partial charge is 0.120 e. The van der Waals surface area contributed by atoms with E-state index < -0.39 is 0 Å². The van der Waals surface area contributed by atoms with E-state index in [4.69, 9.17) is 22.7 Å². The number of hydrogen-bond donors (Lipinski definition) is 1. The third-order valence-electron chi connectivity index (χ3n) is 3.22. The molecule has 104 valence electrons. The van der Waals surface area contributed by atoms with Gasteiger partial charge in [-0.25, -0.2) is 0 Å². The number of benzene rings is 2. The Kier molecular flexibility index (Phi) is 4.25. The molecule has 2 aromatic rings. The van der Waals surface area contributed by atoms with Crippen molar-refractivity contribution in [2.45, 2.75) is 6.92 Å². The van der Waals surface area contributed by atoms with Crippen molar-refractivity contribution >= 4 is 28.6 Å². The van der Waals surface area contributed by atoms with Crippen molar-refractivity contribution in [1.82, 2.24) is 0 Å². The van der Waals surface area contributed by atoms with Crippen molar-refractivity contribution in [3.8, 4) is 5.75 Å².